The van der Waals surface area contributed by atoms with Crippen molar-refractivity contribution in [2.45, 2.75) is 20.0 Å². The topological polar surface area (TPSA) is 78.3 Å². The molecule has 3 heterocycles. The number of nitrogens with zero attached hydrogens (tertiary/aromatic N) is 4. The summed E-state index contributed by atoms with van der Waals surface area (Å²) in [6.45, 7) is 3.98. The molecule has 0 aromatic carbocycles. The van der Waals surface area contributed by atoms with Gasteiger partial charge in [-0.3, -0.25) is 4.40 Å². The van der Waals surface area contributed by atoms with Gasteiger partial charge in [0, 0.05) is 18.5 Å². The number of nitrogen functional groups attached to an aromatic ring is 1. The quantitative estimate of drug-likeness (QED) is 0.788. The predicted octanol–water partition coefficient (Wildman–Crippen LogP) is 2.16. The van der Waals surface area contributed by atoms with E-state index in [-0.39, 0.29) is 12.1 Å². The van der Waals surface area contributed by atoms with E-state index in [0.29, 0.717) is 0 Å². The van der Waals surface area contributed by atoms with Crippen molar-refractivity contribution in [3.8, 4) is 17.1 Å². The van der Waals surface area contributed by atoms with Crippen LogP contribution in [0.15, 0.2) is 36.8 Å². The first-order chi connectivity index (χ1) is 9.63. The molecule has 0 amide bonds. The average Bonchev–Trinajstić information content (AvgIpc) is 2.81. The van der Waals surface area contributed by atoms with Crippen molar-refractivity contribution in [3.63, 3.8) is 0 Å². The standard InChI is InChI=1S/C14H15N5O/c1-9(2)20-10-4-6-19-12(8-17-13(19)7-10)11-3-5-16-14(15)18-11/h3-9H,1-2H3,(H2,15,16,18). The lowest BCUT2D eigenvalue weighted by Crippen LogP contribution is -2.05. The number of nitrogens with two attached hydrogens (primary N) is 1. The number of ether oxygens (including phenoxy) is 1. The molecule has 0 saturated heterocycles. The average molecular weight is 269 g/mol. The fraction of sp³-hybridized carbons (Fsp3) is 0.214. The van der Waals surface area contributed by atoms with Gasteiger partial charge >= 0.3 is 0 Å². The van der Waals surface area contributed by atoms with Crippen LogP contribution in [-0.2, 0) is 0 Å². The second-order valence-corrected chi connectivity index (χ2v) is 4.70. The monoisotopic (exact) mass is 269 g/mol. The molecule has 3 aromatic rings. The van der Waals surface area contributed by atoms with Gasteiger partial charge in [0.2, 0.25) is 5.95 Å². The van der Waals surface area contributed by atoms with Crippen LogP contribution in [0.1, 0.15) is 13.8 Å². The summed E-state index contributed by atoms with van der Waals surface area (Å²) in [5.41, 5.74) is 8.02. The predicted molar refractivity (Wildman–Crippen MR) is 76.4 cm³/mol. The Bertz CT molecular complexity index is 750. The van der Waals surface area contributed by atoms with Gasteiger partial charge in [-0.1, -0.05) is 0 Å². The molecule has 3 rings (SSSR count). The van der Waals surface area contributed by atoms with E-state index in [9.17, 15) is 0 Å². The lowest BCUT2D eigenvalue weighted by molar-refractivity contribution is 0.242. The molecule has 0 fully saturated rings. The van der Waals surface area contributed by atoms with Crippen LogP contribution < -0.4 is 10.5 Å². The van der Waals surface area contributed by atoms with E-state index in [1.807, 2.05) is 36.6 Å². The summed E-state index contributed by atoms with van der Waals surface area (Å²) < 4.78 is 7.60. The maximum atomic E-state index is 5.66. The molecule has 0 aliphatic rings. The molecule has 20 heavy (non-hydrogen) atoms. The molecule has 0 aliphatic carbocycles. The van der Waals surface area contributed by atoms with E-state index in [2.05, 4.69) is 15.0 Å². The SMILES string of the molecule is CC(C)Oc1ccn2c(-c3ccnc(N)n3)cnc2c1. The number of pyridine rings is 1. The summed E-state index contributed by atoms with van der Waals surface area (Å²) in [7, 11) is 0. The van der Waals surface area contributed by atoms with Crippen LogP contribution in [0.5, 0.6) is 5.75 Å². The summed E-state index contributed by atoms with van der Waals surface area (Å²) in [6.07, 6.45) is 5.44. The van der Waals surface area contributed by atoms with Crippen molar-refractivity contribution in [1.82, 2.24) is 19.4 Å². The Morgan fingerprint density at radius 3 is 2.85 bits per heavy atom. The van der Waals surface area contributed by atoms with Gasteiger partial charge in [-0.2, -0.15) is 0 Å². The zero-order valence-corrected chi connectivity index (χ0v) is 11.3. The Labute approximate surface area is 116 Å². The fourth-order valence-corrected chi connectivity index (χ4v) is 2.01. The van der Waals surface area contributed by atoms with Crippen LogP contribution in [0.4, 0.5) is 5.95 Å². The summed E-state index contributed by atoms with van der Waals surface area (Å²) >= 11 is 0. The van der Waals surface area contributed by atoms with Crippen LogP contribution >= 0.6 is 0 Å². The van der Waals surface area contributed by atoms with Crippen LogP contribution in [0.2, 0.25) is 0 Å². The normalized spacial score (nSPS) is 11.2. The molecule has 0 unspecified atom stereocenters. The third kappa shape index (κ3) is 2.27. The van der Waals surface area contributed by atoms with Crippen molar-refractivity contribution in [3.05, 3.63) is 36.8 Å². The number of fused-ring (bicyclic) bond motifs is 1. The third-order valence-electron chi connectivity index (χ3n) is 2.79. The molecular formula is C14H15N5O. The lowest BCUT2D eigenvalue weighted by Gasteiger charge is -2.09. The first kappa shape index (κ1) is 12.4. The van der Waals surface area contributed by atoms with Crippen molar-refractivity contribution < 1.29 is 4.74 Å². The van der Waals surface area contributed by atoms with Crippen molar-refractivity contribution in [2.24, 2.45) is 0 Å². The zero-order chi connectivity index (χ0) is 14.1. The maximum absolute atomic E-state index is 5.66. The van der Waals surface area contributed by atoms with Crippen LogP contribution in [0.25, 0.3) is 17.0 Å². The molecule has 0 spiro atoms. The Morgan fingerprint density at radius 1 is 1.25 bits per heavy atom. The molecule has 0 saturated carbocycles. The van der Waals surface area contributed by atoms with Gasteiger partial charge in [0.05, 0.1) is 23.7 Å². The minimum absolute atomic E-state index is 0.133. The highest BCUT2D eigenvalue weighted by atomic mass is 16.5. The summed E-state index contributed by atoms with van der Waals surface area (Å²) in [4.78, 5) is 12.5. The van der Waals surface area contributed by atoms with Gasteiger partial charge in [0.15, 0.2) is 0 Å². The van der Waals surface area contributed by atoms with E-state index in [1.54, 1.807) is 18.5 Å². The highest BCUT2D eigenvalue weighted by Gasteiger charge is 2.09. The van der Waals surface area contributed by atoms with E-state index in [1.165, 1.54) is 0 Å². The van der Waals surface area contributed by atoms with Gasteiger partial charge in [0.25, 0.3) is 0 Å². The second kappa shape index (κ2) is 4.80. The lowest BCUT2D eigenvalue weighted by atomic mass is 10.3. The molecule has 3 aromatic heterocycles. The number of aromatic nitrogens is 4. The van der Waals surface area contributed by atoms with Gasteiger partial charge in [0.1, 0.15) is 11.4 Å². The molecule has 2 N–H and O–H groups in total. The van der Waals surface area contributed by atoms with Gasteiger partial charge in [-0.25, -0.2) is 15.0 Å². The molecule has 102 valence electrons. The van der Waals surface area contributed by atoms with E-state index < -0.39 is 0 Å². The van der Waals surface area contributed by atoms with E-state index >= 15 is 0 Å². The summed E-state index contributed by atoms with van der Waals surface area (Å²) in [6, 6.07) is 5.61. The van der Waals surface area contributed by atoms with Gasteiger partial charge in [-0.05, 0) is 26.0 Å². The minimum atomic E-state index is 0.133. The first-order valence-corrected chi connectivity index (χ1v) is 6.36. The highest BCUT2D eigenvalue weighted by molar-refractivity contribution is 5.61. The van der Waals surface area contributed by atoms with Crippen LogP contribution in [0.3, 0.4) is 0 Å². The Balaban J connectivity index is 2.06. The highest BCUT2D eigenvalue weighted by Crippen LogP contribution is 2.22. The van der Waals surface area contributed by atoms with Gasteiger partial charge < -0.3 is 10.5 Å². The number of hydrogen-bond acceptors (Lipinski definition) is 5. The van der Waals surface area contributed by atoms with E-state index in [0.717, 1.165) is 22.8 Å². The number of hydrogen-bond donors (Lipinski definition) is 1. The number of anilines is 1. The Kier molecular flexibility index (Phi) is 2.98. The molecule has 0 bridgehead atoms. The van der Waals surface area contributed by atoms with E-state index in [4.69, 9.17) is 10.5 Å². The summed E-state index contributed by atoms with van der Waals surface area (Å²) in [5, 5.41) is 0. The molecule has 0 radical (unpaired) electrons. The Hall–Kier alpha value is -2.63. The van der Waals surface area contributed by atoms with Crippen LogP contribution in [0, 0.1) is 0 Å². The molecule has 6 heteroatoms. The van der Waals surface area contributed by atoms with Crippen molar-refractivity contribution in [2.75, 3.05) is 5.73 Å². The summed E-state index contributed by atoms with van der Waals surface area (Å²) in [5.74, 6) is 1.05. The minimum Gasteiger partial charge on any atom is -0.491 e. The molecule has 0 atom stereocenters. The third-order valence-corrected chi connectivity index (χ3v) is 2.79. The second-order valence-electron chi connectivity index (χ2n) is 4.70. The molecule has 6 nitrogen and oxygen atoms in total. The zero-order valence-electron chi connectivity index (χ0n) is 11.3. The molecule has 0 aliphatic heterocycles. The fourth-order valence-electron chi connectivity index (χ4n) is 2.01. The van der Waals surface area contributed by atoms with Gasteiger partial charge in [-0.15, -0.1) is 0 Å². The van der Waals surface area contributed by atoms with Crippen molar-refractivity contribution in [1.29, 1.82) is 0 Å². The number of imidazole rings is 1. The maximum Gasteiger partial charge on any atom is 0.220 e. The largest absolute Gasteiger partial charge is 0.491 e. The number of rotatable bonds is 3. The smallest absolute Gasteiger partial charge is 0.220 e. The molecular weight excluding hydrogens is 254 g/mol. The first-order valence-electron chi connectivity index (χ1n) is 6.36. The Morgan fingerprint density at radius 2 is 2.10 bits per heavy atom. The van der Waals surface area contributed by atoms with Crippen molar-refractivity contribution >= 4 is 11.6 Å². The van der Waals surface area contributed by atoms with Crippen LogP contribution in [-0.4, -0.2) is 25.5 Å².